The van der Waals surface area contributed by atoms with E-state index in [4.69, 9.17) is 79.8 Å². The van der Waals surface area contributed by atoms with E-state index in [9.17, 15) is 4.79 Å². The second-order valence-electron chi connectivity index (χ2n) is 1.45. The molecule has 0 aliphatic rings. The van der Waals surface area contributed by atoms with E-state index < -0.39 is 14.1 Å². The normalized spacial score (nSPS) is 10.5. The van der Waals surface area contributed by atoms with Crippen molar-refractivity contribution in [2.24, 2.45) is 0 Å². The minimum atomic E-state index is -2.24. The van der Waals surface area contributed by atoms with E-state index in [2.05, 4.69) is 9.47 Å². The smallest absolute Gasteiger partial charge is 0.382 e. The molecular weight excluding hydrogens is 339 g/mol. The molecule has 0 heterocycles. The molecule has 0 aliphatic heterocycles. The number of hydrogen-bond donors (Lipinski definition) is 1. The SMILES string of the molecule is N=C=O.O=C(OC(Cl)(Cl)Cl)OC(Cl)(Cl)Cl. The molecule has 0 rings (SSSR count). The highest BCUT2D eigenvalue weighted by Crippen LogP contribution is 2.32. The Morgan fingerprint density at radius 1 is 1.00 bits per heavy atom. The molecule has 11 heteroatoms. The van der Waals surface area contributed by atoms with Crippen LogP contribution in [0.5, 0.6) is 0 Å². The van der Waals surface area contributed by atoms with Crippen LogP contribution in [0.2, 0.25) is 0 Å². The van der Waals surface area contributed by atoms with Crippen molar-refractivity contribution in [3.05, 3.63) is 0 Å². The number of carbonyl (C=O) groups is 1. The highest BCUT2D eigenvalue weighted by Gasteiger charge is 2.32. The number of hydrogen-bond acceptors (Lipinski definition) is 5. The summed E-state index contributed by atoms with van der Waals surface area (Å²) in [6.07, 6.45) is -0.657. The van der Waals surface area contributed by atoms with Crippen LogP contribution in [0.25, 0.3) is 0 Å². The zero-order chi connectivity index (χ0) is 12.7. The molecule has 0 aliphatic carbocycles. The third-order valence-corrected chi connectivity index (χ3v) is 0.861. The summed E-state index contributed by atoms with van der Waals surface area (Å²) in [5.41, 5.74) is 0. The Balaban J connectivity index is 0. The molecule has 0 radical (unpaired) electrons. The Morgan fingerprint density at radius 3 is 1.33 bits per heavy atom. The van der Waals surface area contributed by atoms with E-state index in [1.807, 2.05) is 0 Å². The van der Waals surface area contributed by atoms with Crippen LogP contribution < -0.4 is 0 Å². The number of rotatable bonds is 0. The van der Waals surface area contributed by atoms with Gasteiger partial charge in [0.1, 0.15) is 0 Å². The number of alkyl halides is 6. The summed E-state index contributed by atoms with van der Waals surface area (Å²) in [4.78, 5) is 18.9. The second-order valence-corrected chi connectivity index (χ2v) is 5.80. The molecule has 1 N–H and O–H groups in total. The predicted octanol–water partition coefficient (Wildman–Crippen LogP) is 3.70. The van der Waals surface area contributed by atoms with Gasteiger partial charge in [-0.25, -0.2) is 15.0 Å². The van der Waals surface area contributed by atoms with Crippen molar-refractivity contribution in [3.8, 4) is 0 Å². The van der Waals surface area contributed by atoms with E-state index in [0.29, 0.717) is 0 Å². The predicted molar refractivity (Wildman–Crippen MR) is 56.6 cm³/mol. The van der Waals surface area contributed by atoms with Crippen LogP contribution in [-0.4, -0.2) is 20.2 Å². The Bertz CT molecular complexity index is 220. The quantitative estimate of drug-likeness (QED) is 0.316. The van der Waals surface area contributed by atoms with Gasteiger partial charge in [0.2, 0.25) is 6.08 Å². The van der Waals surface area contributed by atoms with Gasteiger partial charge in [-0.1, -0.05) is 0 Å². The van der Waals surface area contributed by atoms with E-state index in [1.54, 1.807) is 0 Å². The van der Waals surface area contributed by atoms with Crippen molar-refractivity contribution in [2.45, 2.75) is 7.96 Å². The lowest BCUT2D eigenvalue weighted by molar-refractivity contribution is 0.0508. The molecule has 0 bridgehead atoms. The number of isocyanates is 1. The molecule has 0 saturated heterocycles. The van der Waals surface area contributed by atoms with Crippen LogP contribution >= 0.6 is 69.6 Å². The van der Waals surface area contributed by atoms with E-state index in [-0.39, 0.29) is 0 Å². The second kappa shape index (κ2) is 7.63. The van der Waals surface area contributed by atoms with Gasteiger partial charge in [-0.2, -0.15) is 0 Å². The lowest BCUT2D eigenvalue weighted by atomic mass is 11.3. The summed E-state index contributed by atoms with van der Waals surface area (Å²) in [7, 11) is 0. The molecule has 88 valence electrons. The molecule has 0 aromatic heterocycles. The lowest BCUT2D eigenvalue weighted by Crippen LogP contribution is -2.22. The topological polar surface area (TPSA) is 76.5 Å². The van der Waals surface area contributed by atoms with Crippen molar-refractivity contribution in [1.29, 1.82) is 5.41 Å². The van der Waals surface area contributed by atoms with E-state index in [0.717, 1.165) is 6.08 Å². The van der Waals surface area contributed by atoms with Crippen LogP contribution in [-0.2, 0) is 14.3 Å². The number of carbonyl (C=O) groups excluding carboxylic acids is 2. The molecule has 0 spiro atoms. The summed E-state index contributed by atoms with van der Waals surface area (Å²) in [6, 6.07) is 0. The van der Waals surface area contributed by atoms with Crippen molar-refractivity contribution in [1.82, 2.24) is 0 Å². The van der Waals surface area contributed by atoms with Crippen LogP contribution in [0.3, 0.4) is 0 Å². The van der Waals surface area contributed by atoms with Gasteiger partial charge in [-0.05, 0) is 69.6 Å². The summed E-state index contributed by atoms with van der Waals surface area (Å²) in [5, 5.41) is 5.40. The molecular formula is C4HCl6NO4. The van der Waals surface area contributed by atoms with Crippen molar-refractivity contribution in [3.63, 3.8) is 0 Å². The first-order chi connectivity index (χ1) is 6.52. The first-order valence-electron chi connectivity index (χ1n) is 2.61. The van der Waals surface area contributed by atoms with Crippen molar-refractivity contribution < 1.29 is 19.1 Å². The standard InChI is InChI=1S/C3Cl6O3.CHNO/c4-2(5,6)11-1(10)12-3(7,8)9;2-1-3/h;2H. The molecule has 0 amide bonds. The Hall–Kier alpha value is 0.390. The van der Waals surface area contributed by atoms with E-state index >= 15 is 0 Å². The molecule has 5 nitrogen and oxygen atoms in total. The summed E-state index contributed by atoms with van der Waals surface area (Å²) < 4.78 is 3.50. The maximum atomic E-state index is 10.5. The monoisotopic (exact) mass is 337 g/mol. The maximum Gasteiger partial charge on any atom is 0.515 e. The highest BCUT2D eigenvalue weighted by molar-refractivity contribution is 6.67. The number of ether oxygens (including phenoxy) is 2. The largest absolute Gasteiger partial charge is 0.515 e. The summed E-state index contributed by atoms with van der Waals surface area (Å²) in [5.74, 6) is 0. The van der Waals surface area contributed by atoms with Gasteiger partial charge in [-0.3, -0.25) is 0 Å². The molecule has 0 unspecified atom stereocenters. The average molecular weight is 340 g/mol. The molecule has 0 aromatic carbocycles. The molecule has 0 aromatic rings. The van der Waals surface area contributed by atoms with Crippen molar-refractivity contribution >= 4 is 81.8 Å². The first-order valence-corrected chi connectivity index (χ1v) is 4.88. The minimum Gasteiger partial charge on any atom is -0.382 e. The fraction of sp³-hybridized carbons (Fsp3) is 0.500. The van der Waals surface area contributed by atoms with Crippen LogP contribution in [0, 0.1) is 5.41 Å². The van der Waals surface area contributed by atoms with Gasteiger partial charge in [0.15, 0.2) is 0 Å². The summed E-state index contributed by atoms with van der Waals surface area (Å²) in [6.45, 7) is 0. The van der Waals surface area contributed by atoms with Gasteiger partial charge in [0.25, 0.3) is 0 Å². The van der Waals surface area contributed by atoms with E-state index in [1.165, 1.54) is 0 Å². The molecule has 0 fully saturated rings. The van der Waals surface area contributed by atoms with Crippen LogP contribution in [0.15, 0.2) is 0 Å². The van der Waals surface area contributed by atoms with Crippen molar-refractivity contribution in [2.75, 3.05) is 0 Å². The Labute approximate surface area is 114 Å². The van der Waals surface area contributed by atoms with Gasteiger partial charge in [-0.15, -0.1) is 0 Å². The highest BCUT2D eigenvalue weighted by atomic mass is 35.6. The minimum absolute atomic E-state index is 0.750. The zero-order valence-corrected chi connectivity index (χ0v) is 10.9. The number of halogens is 6. The Kier molecular flexibility index (Phi) is 9.04. The van der Waals surface area contributed by atoms with Crippen LogP contribution in [0.1, 0.15) is 0 Å². The molecule has 0 atom stereocenters. The fourth-order valence-electron chi connectivity index (χ4n) is 0.210. The average Bonchev–Trinajstić information content (AvgIpc) is 1.77. The van der Waals surface area contributed by atoms with Crippen LogP contribution in [0.4, 0.5) is 4.79 Å². The van der Waals surface area contributed by atoms with Gasteiger partial charge >= 0.3 is 14.1 Å². The first kappa shape index (κ1) is 17.8. The molecule has 0 saturated carbocycles. The maximum absolute atomic E-state index is 10.5. The molecule has 15 heavy (non-hydrogen) atoms. The Morgan fingerprint density at radius 2 is 1.20 bits per heavy atom. The van der Waals surface area contributed by atoms with Gasteiger partial charge in [0, 0.05) is 0 Å². The fourth-order valence-corrected chi connectivity index (χ4v) is 0.588. The van der Waals surface area contributed by atoms with Gasteiger partial charge in [0.05, 0.1) is 0 Å². The lowest BCUT2D eigenvalue weighted by Gasteiger charge is -2.15. The third-order valence-electron chi connectivity index (χ3n) is 0.398. The zero-order valence-electron chi connectivity index (χ0n) is 6.40. The third kappa shape index (κ3) is 20.5. The number of nitrogens with one attached hydrogen (secondary N) is 1. The van der Waals surface area contributed by atoms with Gasteiger partial charge < -0.3 is 9.47 Å². The summed E-state index contributed by atoms with van der Waals surface area (Å²) >= 11 is 30.2.